The molecule has 1 aliphatic carbocycles. The summed E-state index contributed by atoms with van der Waals surface area (Å²) in [4.78, 5) is 31.5. The number of Topliss-reactive ketones (excluding diaryl/α,β-unsaturated/α-hetero) is 1. The quantitative estimate of drug-likeness (QED) is 0.460. The Morgan fingerprint density at radius 1 is 1.21 bits per heavy atom. The van der Waals surface area contributed by atoms with Gasteiger partial charge in [0.15, 0.2) is 0 Å². The molecule has 3 aliphatic rings. The van der Waals surface area contributed by atoms with Crippen LogP contribution in [0.4, 0.5) is 5.69 Å². The number of anilines is 1. The van der Waals surface area contributed by atoms with Crippen LogP contribution in [0.3, 0.4) is 0 Å². The van der Waals surface area contributed by atoms with Crippen molar-refractivity contribution in [2.24, 2.45) is 12.2 Å². The summed E-state index contributed by atoms with van der Waals surface area (Å²) in [7, 11) is 1.88. The minimum Gasteiger partial charge on any atom is -0.363 e. The molecule has 29 heavy (non-hydrogen) atoms. The average Bonchev–Trinajstić information content (AvgIpc) is 3.29. The Kier molecular flexibility index (Phi) is 4.01. The van der Waals surface area contributed by atoms with Gasteiger partial charge in [0.1, 0.15) is 0 Å². The van der Waals surface area contributed by atoms with Gasteiger partial charge in [-0.2, -0.15) is 0 Å². The molecule has 0 amide bonds. The number of fused-ring (bicyclic) bond motifs is 3. The number of carbonyl (C=O) groups is 2. The number of aromatic nitrogens is 1. The van der Waals surface area contributed by atoms with Crippen LogP contribution in [-0.4, -0.2) is 34.6 Å². The second-order valence-corrected chi connectivity index (χ2v) is 7.64. The smallest absolute Gasteiger partial charge is 0.331 e. The van der Waals surface area contributed by atoms with Crippen molar-refractivity contribution >= 4 is 23.2 Å². The molecule has 2 atom stereocenters. The summed E-state index contributed by atoms with van der Waals surface area (Å²) in [5.74, 6) is -0.270. The fraction of sp³-hybridized carbons (Fsp3) is 0.261. The largest absolute Gasteiger partial charge is 0.363 e. The lowest BCUT2D eigenvalue weighted by molar-refractivity contribution is -0.140. The maximum absolute atomic E-state index is 13.0. The van der Waals surface area contributed by atoms with E-state index in [1.807, 2.05) is 48.2 Å². The predicted molar refractivity (Wildman–Crippen MR) is 110 cm³/mol. The van der Waals surface area contributed by atoms with Crippen molar-refractivity contribution in [3.63, 3.8) is 0 Å². The van der Waals surface area contributed by atoms with Crippen LogP contribution in [0.25, 0.3) is 0 Å². The van der Waals surface area contributed by atoms with Gasteiger partial charge >= 0.3 is 5.97 Å². The Labute approximate surface area is 168 Å². The predicted octanol–water partition coefficient (Wildman–Crippen LogP) is 3.35. The van der Waals surface area contributed by atoms with E-state index in [-0.39, 0.29) is 17.7 Å². The first-order valence-electron chi connectivity index (χ1n) is 9.75. The highest BCUT2D eigenvalue weighted by Gasteiger charge is 2.42. The fourth-order valence-corrected chi connectivity index (χ4v) is 4.61. The molecule has 0 saturated carbocycles. The van der Waals surface area contributed by atoms with Crippen molar-refractivity contribution in [2.75, 3.05) is 11.4 Å². The van der Waals surface area contributed by atoms with Crippen LogP contribution in [0.5, 0.6) is 0 Å². The molecule has 6 nitrogen and oxygen atoms in total. The first kappa shape index (κ1) is 17.7. The van der Waals surface area contributed by atoms with Crippen LogP contribution in [0.15, 0.2) is 65.5 Å². The molecule has 0 bridgehead atoms. The lowest BCUT2D eigenvalue weighted by atomic mass is 9.86. The highest BCUT2D eigenvalue weighted by molar-refractivity contribution is 6.11. The molecule has 0 saturated heterocycles. The Balaban J connectivity index is 1.55. The van der Waals surface area contributed by atoms with E-state index in [1.165, 1.54) is 12.5 Å². The summed E-state index contributed by atoms with van der Waals surface area (Å²) >= 11 is 0. The standard InChI is InChI=1S/C23H21N3O3/c1-14(27)29-24-19-10-12-26-20-9-8-15(23(28)21-7-4-11-25(21)2)13-18(20)16-5-3-6-17(19)22(16)26/h3-9,11,13,18,20H,10,12H2,1-2H3/b24-19+. The molecule has 1 aromatic carbocycles. The molecule has 3 heterocycles. The molecule has 0 radical (unpaired) electrons. The topological polar surface area (TPSA) is 63.9 Å². The third-order valence-electron chi connectivity index (χ3n) is 5.90. The number of aryl methyl sites for hydroxylation is 1. The molecule has 2 aromatic rings. The van der Waals surface area contributed by atoms with E-state index in [0.29, 0.717) is 12.1 Å². The van der Waals surface area contributed by atoms with E-state index < -0.39 is 5.97 Å². The number of carbonyl (C=O) groups excluding carboxylic acids is 2. The van der Waals surface area contributed by atoms with Crippen molar-refractivity contribution in [3.8, 4) is 0 Å². The Morgan fingerprint density at radius 3 is 2.83 bits per heavy atom. The van der Waals surface area contributed by atoms with Crippen molar-refractivity contribution in [3.05, 3.63) is 77.2 Å². The van der Waals surface area contributed by atoms with Crippen LogP contribution < -0.4 is 4.90 Å². The molecule has 0 spiro atoms. The van der Waals surface area contributed by atoms with Gasteiger partial charge in [0.2, 0.25) is 5.78 Å². The number of para-hydroxylation sites is 1. The summed E-state index contributed by atoms with van der Waals surface area (Å²) in [6.45, 7) is 2.15. The highest BCUT2D eigenvalue weighted by Crippen LogP contribution is 2.48. The third-order valence-corrected chi connectivity index (χ3v) is 5.90. The number of ketones is 1. The van der Waals surface area contributed by atoms with E-state index in [1.54, 1.807) is 0 Å². The summed E-state index contributed by atoms with van der Waals surface area (Å²) in [5, 5.41) is 4.08. The number of allylic oxidation sites excluding steroid dienone is 2. The molecule has 0 fully saturated rings. The van der Waals surface area contributed by atoms with Crippen LogP contribution in [0, 0.1) is 0 Å². The van der Waals surface area contributed by atoms with Crippen molar-refractivity contribution in [2.45, 2.75) is 25.3 Å². The van der Waals surface area contributed by atoms with E-state index in [4.69, 9.17) is 4.84 Å². The number of benzene rings is 1. The summed E-state index contributed by atoms with van der Waals surface area (Å²) in [5.41, 5.74) is 5.52. The molecule has 146 valence electrons. The van der Waals surface area contributed by atoms with Crippen LogP contribution in [0.2, 0.25) is 0 Å². The maximum atomic E-state index is 13.0. The van der Waals surface area contributed by atoms with Crippen molar-refractivity contribution in [1.82, 2.24) is 4.57 Å². The Bertz CT molecular complexity index is 1120. The lowest BCUT2D eigenvalue weighted by Gasteiger charge is -2.33. The van der Waals surface area contributed by atoms with E-state index in [9.17, 15) is 9.59 Å². The Hall–Kier alpha value is -3.41. The average molecular weight is 387 g/mol. The van der Waals surface area contributed by atoms with Crippen molar-refractivity contribution in [1.29, 1.82) is 0 Å². The van der Waals surface area contributed by atoms with Crippen LogP contribution >= 0.6 is 0 Å². The van der Waals surface area contributed by atoms with Gasteiger partial charge < -0.3 is 14.3 Å². The minimum atomic E-state index is -0.420. The molecular formula is C23H21N3O3. The fourth-order valence-electron chi connectivity index (χ4n) is 4.61. The normalized spacial score (nSPS) is 22.9. The van der Waals surface area contributed by atoms with Gasteiger partial charge in [-0.3, -0.25) is 4.79 Å². The summed E-state index contributed by atoms with van der Waals surface area (Å²) < 4.78 is 1.85. The first-order valence-corrected chi connectivity index (χ1v) is 9.75. The van der Waals surface area contributed by atoms with Gasteiger partial charge in [0.05, 0.1) is 23.1 Å². The van der Waals surface area contributed by atoms with Gasteiger partial charge in [0.25, 0.3) is 0 Å². The Morgan fingerprint density at radius 2 is 2.07 bits per heavy atom. The molecule has 1 aromatic heterocycles. The van der Waals surface area contributed by atoms with E-state index in [0.717, 1.165) is 29.1 Å². The molecule has 6 heteroatoms. The van der Waals surface area contributed by atoms with Crippen molar-refractivity contribution < 1.29 is 14.4 Å². The van der Waals surface area contributed by atoms with Gasteiger partial charge in [-0.05, 0) is 17.7 Å². The zero-order chi connectivity index (χ0) is 20.1. The zero-order valence-corrected chi connectivity index (χ0v) is 16.3. The highest BCUT2D eigenvalue weighted by atomic mass is 16.7. The minimum absolute atomic E-state index is 0.0373. The molecule has 5 rings (SSSR count). The van der Waals surface area contributed by atoms with Gasteiger partial charge in [-0.25, -0.2) is 4.79 Å². The van der Waals surface area contributed by atoms with Crippen LogP contribution in [-0.2, 0) is 16.7 Å². The lowest BCUT2D eigenvalue weighted by Crippen LogP contribution is -2.38. The van der Waals surface area contributed by atoms with Crippen LogP contribution in [0.1, 0.15) is 40.9 Å². The zero-order valence-electron chi connectivity index (χ0n) is 16.3. The molecule has 0 N–H and O–H groups in total. The van der Waals surface area contributed by atoms with E-state index in [2.05, 4.69) is 28.3 Å². The van der Waals surface area contributed by atoms with Gasteiger partial charge in [-0.15, -0.1) is 0 Å². The first-order chi connectivity index (χ1) is 14.0. The SMILES string of the molecule is CC(=O)O/N=C1\CCN2c3c1cccc3C1C=C(C(=O)c3cccn3C)C=CC12. The second-order valence-electron chi connectivity index (χ2n) is 7.64. The number of oxime groups is 1. The number of hydrogen-bond acceptors (Lipinski definition) is 5. The number of hydrogen-bond donors (Lipinski definition) is 0. The number of nitrogens with zero attached hydrogens (tertiary/aromatic N) is 3. The maximum Gasteiger partial charge on any atom is 0.331 e. The number of rotatable bonds is 3. The van der Waals surface area contributed by atoms with E-state index >= 15 is 0 Å². The summed E-state index contributed by atoms with van der Waals surface area (Å²) in [6.07, 6.45) is 8.77. The monoisotopic (exact) mass is 387 g/mol. The third kappa shape index (κ3) is 2.75. The van der Waals surface area contributed by atoms with Gasteiger partial charge in [-0.1, -0.05) is 41.6 Å². The van der Waals surface area contributed by atoms with Gasteiger partial charge in [0, 0.05) is 50.2 Å². The second kappa shape index (κ2) is 6.58. The molecular weight excluding hydrogens is 366 g/mol. The molecule has 2 unspecified atom stereocenters. The summed E-state index contributed by atoms with van der Waals surface area (Å²) in [6, 6.07) is 10.1. The molecule has 2 aliphatic heterocycles.